The first-order chi connectivity index (χ1) is 12.1. The Bertz CT molecular complexity index is 565. The van der Waals surface area contributed by atoms with Crippen LogP contribution in [0.1, 0.15) is 32.6 Å². The first-order valence-electron chi connectivity index (χ1n) is 9.19. The molecule has 0 saturated carbocycles. The first kappa shape index (κ1) is 18.5. The zero-order chi connectivity index (χ0) is 17.7. The van der Waals surface area contributed by atoms with Gasteiger partial charge in [0.05, 0.1) is 6.10 Å². The van der Waals surface area contributed by atoms with Crippen LogP contribution in [0.25, 0.3) is 0 Å². The standard InChI is InChI=1S/C19H27ClN2O3/c1-2-24-16-7-13-22(14-8-16)18(23)19(9-11-21-12-10-19)25-17-5-3-15(20)4-6-17/h3-6,16,21H,2,7-14H2,1H3. The molecule has 1 amide bonds. The van der Waals surface area contributed by atoms with E-state index in [2.05, 4.69) is 5.32 Å². The third-order valence-electron chi connectivity index (χ3n) is 5.06. The maximum Gasteiger partial charge on any atom is 0.266 e. The van der Waals surface area contributed by atoms with Gasteiger partial charge in [-0.1, -0.05) is 11.6 Å². The highest BCUT2D eigenvalue weighted by Gasteiger charge is 2.45. The predicted molar refractivity (Wildman–Crippen MR) is 98.1 cm³/mol. The average Bonchev–Trinajstić information content (AvgIpc) is 2.65. The number of halogens is 1. The lowest BCUT2D eigenvalue weighted by Crippen LogP contribution is -2.59. The van der Waals surface area contributed by atoms with Crippen LogP contribution in [0.15, 0.2) is 24.3 Å². The van der Waals surface area contributed by atoms with Crippen molar-refractivity contribution in [1.82, 2.24) is 10.2 Å². The van der Waals surface area contributed by atoms with Crippen LogP contribution in [-0.4, -0.2) is 55.3 Å². The molecule has 1 aromatic carbocycles. The summed E-state index contributed by atoms with van der Waals surface area (Å²) in [5.41, 5.74) is -0.780. The van der Waals surface area contributed by atoms with E-state index >= 15 is 0 Å². The van der Waals surface area contributed by atoms with Crippen molar-refractivity contribution in [3.05, 3.63) is 29.3 Å². The minimum absolute atomic E-state index is 0.110. The van der Waals surface area contributed by atoms with Gasteiger partial charge < -0.3 is 19.7 Å². The third-order valence-corrected chi connectivity index (χ3v) is 5.31. The molecule has 6 heteroatoms. The van der Waals surface area contributed by atoms with E-state index in [-0.39, 0.29) is 12.0 Å². The Morgan fingerprint density at radius 1 is 1.24 bits per heavy atom. The second kappa shape index (κ2) is 8.39. The van der Waals surface area contributed by atoms with Crippen molar-refractivity contribution in [1.29, 1.82) is 0 Å². The summed E-state index contributed by atoms with van der Waals surface area (Å²) in [6.07, 6.45) is 3.43. The lowest BCUT2D eigenvalue weighted by Gasteiger charge is -2.42. The Labute approximate surface area is 154 Å². The fourth-order valence-electron chi connectivity index (χ4n) is 3.67. The average molecular weight is 367 g/mol. The smallest absolute Gasteiger partial charge is 0.266 e. The summed E-state index contributed by atoms with van der Waals surface area (Å²) in [7, 11) is 0. The Kier molecular flexibility index (Phi) is 6.20. The number of nitrogens with one attached hydrogen (secondary N) is 1. The van der Waals surface area contributed by atoms with Crippen LogP contribution >= 0.6 is 11.6 Å². The van der Waals surface area contributed by atoms with Gasteiger partial charge in [-0.15, -0.1) is 0 Å². The summed E-state index contributed by atoms with van der Waals surface area (Å²) in [5, 5.41) is 3.99. The first-order valence-corrected chi connectivity index (χ1v) is 9.57. The van der Waals surface area contributed by atoms with Crippen LogP contribution < -0.4 is 10.1 Å². The molecule has 0 bridgehead atoms. The number of ether oxygens (including phenoxy) is 2. The van der Waals surface area contributed by atoms with Gasteiger partial charge in [0.1, 0.15) is 5.75 Å². The quantitative estimate of drug-likeness (QED) is 0.870. The summed E-state index contributed by atoms with van der Waals surface area (Å²) >= 11 is 5.96. The second-order valence-electron chi connectivity index (χ2n) is 6.75. The van der Waals surface area contributed by atoms with Crippen molar-refractivity contribution in [2.75, 3.05) is 32.8 Å². The van der Waals surface area contributed by atoms with Crippen LogP contribution in [0, 0.1) is 0 Å². The minimum Gasteiger partial charge on any atom is -0.477 e. The van der Waals surface area contributed by atoms with Crippen molar-refractivity contribution in [3.8, 4) is 5.75 Å². The highest BCUT2D eigenvalue weighted by molar-refractivity contribution is 6.30. The second-order valence-corrected chi connectivity index (χ2v) is 7.18. The van der Waals surface area contributed by atoms with E-state index in [0.29, 0.717) is 23.6 Å². The van der Waals surface area contributed by atoms with E-state index in [1.54, 1.807) is 12.1 Å². The fourth-order valence-corrected chi connectivity index (χ4v) is 3.79. The predicted octanol–water partition coefficient (Wildman–Crippen LogP) is 2.87. The van der Waals surface area contributed by atoms with Crippen molar-refractivity contribution in [3.63, 3.8) is 0 Å². The van der Waals surface area contributed by atoms with Crippen molar-refractivity contribution < 1.29 is 14.3 Å². The summed E-state index contributed by atoms with van der Waals surface area (Å²) in [4.78, 5) is 15.3. The zero-order valence-electron chi connectivity index (χ0n) is 14.8. The number of hydrogen-bond donors (Lipinski definition) is 1. The lowest BCUT2D eigenvalue weighted by molar-refractivity contribution is -0.153. The van der Waals surface area contributed by atoms with Gasteiger partial charge in [-0.05, 0) is 57.1 Å². The number of carbonyl (C=O) groups excluding carboxylic acids is 1. The molecular formula is C19H27ClN2O3. The number of likely N-dealkylation sites (tertiary alicyclic amines) is 1. The molecule has 0 unspecified atom stereocenters. The van der Waals surface area contributed by atoms with Gasteiger partial charge in [0.2, 0.25) is 0 Å². The molecule has 1 aromatic rings. The minimum atomic E-state index is -0.780. The molecule has 0 aliphatic carbocycles. The zero-order valence-corrected chi connectivity index (χ0v) is 15.6. The number of rotatable bonds is 5. The van der Waals surface area contributed by atoms with Gasteiger partial charge in [-0.2, -0.15) is 0 Å². The molecule has 25 heavy (non-hydrogen) atoms. The van der Waals surface area contributed by atoms with Gasteiger partial charge in [-0.25, -0.2) is 0 Å². The largest absolute Gasteiger partial charge is 0.477 e. The monoisotopic (exact) mass is 366 g/mol. The van der Waals surface area contributed by atoms with E-state index in [4.69, 9.17) is 21.1 Å². The molecule has 2 aliphatic rings. The van der Waals surface area contributed by atoms with E-state index in [9.17, 15) is 4.79 Å². The van der Waals surface area contributed by atoms with Gasteiger partial charge in [0.15, 0.2) is 5.60 Å². The molecule has 0 radical (unpaired) electrons. The van der Waals surface area contributed by atoms with E-state index < -0.39 is 5.60 Å². The summed E-state index contributed by atoms with van der Waals surface area (Å²) < 4.78 is 12.0. The Hall–Kier alpha value is -1.30. The number of hydrogen-bond acceptors (Lipinski definition) is 4. The lowest BCUT2D eigenvalue weighted by atomic mass is 9.89. The number of nitrogens with zero attached hydrogens (tertiary/aromatic N) is 1. The molecule has 0 spiro atoms. The highest BCUT2D eigenvalue weighted by Crippen LogP contribution is 2.30. The molecule has 3 rings (SSSR count). The molecular weight excluding hydrogens is 340 g/mol. The molecule has 0 atom stereocenters. The van der Waals surface area contributed by atoms with Crippen molar-refractivity contribution in [2.45, 2.75) is 44.3 Å². The molecule has 1 N–H and O–H groups in total. The van der Waals surface area contributed by atoms with E-state index in [1.807, 2.05) is 24.0 Å². The molecule has 2 fully saturated rings. The van der Waals surface area contributed by atoms with Gasteiger partial charge in [0.25, 0.3) is 5.91 Å². The van der Waals surface area contributed by atoms with E-state index in [0.717, 1.165) is 45.6 Å². The van der Waals surface area contributed by atoms with Crippen LogP contribution in [0.4, 0.5) is 0 Å². The molecule has 5 nitrogen and oxygen atoms in total. The van der Waals surface area contributed by atoms with Gasteiger partial charge in [0, 0.05) is 37.6 Å². The summed E-state index contributed by atoms with van der Waals surface area (Å²) in [6, 6.07) is 7.26. The number of benzene rings is 1. The Morgan fingerprint density at radius 2 is 1.88 bits per heavy atom. The highest BCUT2D eigenvalue weighted by atomic mass is 35.5. The number of piperidine rings is 2. The molecule has 2 saturated heterocycles. The number of carbonyl (C=O) groups is 1. The SMILES string of the molecule is CCOC1CCN(C(=O)C2(Oc3ccc(Cl)cc3)CCNCC2)CC1. The van der Waals surface area contributed by atoms with Crippen LogP contribution in [-0.2, 0) is 9.53 Å². The van der Waals surface area contributed by atoms with Gasteiger partial charge >= 0.3 is 0 Å². The topological polar surface area (TPSA) is 50.8 Å². The molecule has 2 aliphatic heterocycles. The maximum absolute atomic E-state index is 13.3. The van der Waals surface area contributed by atoms with Crippen molar-refractivity contribution >= 4 is 17.5 Å². The molecule has 138 valence electrons. The number of amides is 1. The van der Waals surface area contributed by atoms with Gasteiger partial charge in [-0.3, -0.25) is 4.79 Å². The summed E-state index contributed by atoms with van der Waals surface area (Å²) in [6.45, 7) is 5.80. The third kappa shape index (κ3) is 4.46. The Balaban J connectivity index is 1.71. The van der Waals surface area contributed by atoms with E-state index in [1.165, 1.54) is 0 Å². The summed E-state index contributed by atoms with van der Waals surface area (Å²) in [5.74, 6) is 0.808. The van der Waals surface area contributed by atoms with Crippen LogP contribution in [0.5, 0.6) is 5.75 Å². The fraction of sp³-hybridized carbons (Fsp3) is 0.632. The van der Waals surface area contributed by atoms with Crippen molar-refractivity contribution in [2.24, 2.45) is 0 Å². The molecule has 0 aromatic heterocycles. The van der Waals surface area contributed by atoms with Crippen LogP contribution in [0.3, 0.4) is 0 Å². The maximum atomic E-state index is 13.3. The molecule has 2 heterocycles. The normalized spacial score (nSPS) is 21.1. The van der Waals surface area contributed by atoms with Crippen LogP contribution in [0.2, 0.25) is 5.02 Å². The Morgan fingerprint density at radius 3 is 2.48 bits per heavy atom.